The molecule has 2 aromatic rings. The van der Waals surface area contributed by atoms with Crippen molar-refractivity contribution >= 4 is 16.7 Å². The number of aromatic carboxylic acids is 1. The minimum absolute atomic E-state index is 0. The Hall–Kier alpha value is -1.25. The molecule has 0 aliphatic heterocycles. The van der Waals surface area contributed by atoms with Gasteiger partial charge in [-0.25, -0.2) is 0 Å². The average molecular weight is 255 g/mol. The van der Waals surface area contributed by atoms with Crippen LogP contribution < -0.4 is 5.11 Å². The maximum absolute atomic E-state index is 10.5. The van der Waals surface area contributed by atoms with Gasteiger partial charge < -0.3 is 15.4 Å². The Bertz CT molecular complexity index is 468. The molecular weight excluding hydrogens is 246 g/mol. The fourth-order valence-corrected chi connectivity index (χ4v) is 1.32. The molecule has 4 heteroatoms. The number of carbonyl (C=O) groups excluding carboxylic acids is 1. The molecule has 0 fully saturated rings. The summed E-state index contributed by atoms with van der Waals surface area (Å²) in [6.45, 7) is 0. The average Bonchev–Trinajstić information content (AvgIpc) is 2.17. The van der Waals surface area contributed by atoms with Crippen molar-refractivity contribution in [3.05, 3.63) is 48.0 Å². The van der Waals surface area contributed by atoms with Crippen molar-refractivity contribution in [1.29, 1.82) is 0 Å². The normalized spacial score (nSPS) is 8.80. The van der Waals surface area contributed by atoms with Crippen LogP contribution in [0, 0.1) is 0 Å². The van der Waals surface area contributed by atoms with Crippen LogP contribution in [0.5, 0.6) is 0 Å². The van der Waals surface area contributed by atoms with E-state index in [1.54, 1.807) is 18.2 Å². The second-order valence-electron chi connectivity index (χ2n) is 2.85. The Balaban J connectivity index is 0.000000980. The van der Waals surface area contributed by atoms with Gasteiger partial charge in [0.15, 0.2) is 0 Å². The van der Waals surface area contributed by atoms with Crippen molar-refractivity contribution in [1.82, 2.24) is 0 Å². The molecule has 0 amide bonds. The van der Waals surface area contributed by atoms with Gasteiger partial charge in [-0.15, -0.1) is 0 Å². The van der Waals surface area contributed by atoms with E-state index in [1.165, 1.54) is 0 Å². The van der Waals surface area contributed by atoms with Gasteiger partial charge in [0.05, 0.1) is 5.97 Å². The number of hydrogen-bond donors (Lipinski definition) is 0. The predicted molar refractivity (Wildman–Crippen MR) is 51.9 cm³/mol. The Labute approximate surface area is 99.8 Å². The SMILES string of the molecule is O.O=C([O-])c1ccc2ccccc2c1.[Zn+2]. The first-order chi connectivity index (χ1) is 6.27. The van der Waals surface area contributed by atoms with Crippen LogP contribution >= 0.6 is 0 Å². The molecule has 0 atom stereocenters. The molecule has 2 rings (SSSR count). The van der Waals surface area contributed by atoms with E-state index in [0.717, 1.165) is 10.8 Å². The molecule has 0 aliphatic rings. The van der Waals surface area contributed by atoms with Crippen LogP contribution in [0.25, 0.3) is 10.8 Å². The molecule has 3 nitrogen and oxygen atoms in total. The summed E-state index contributed by atoms with van der Waals surface area (Å²) in [5.41, 5.74) is 0.221. The van der Waals surface area contributed by atoms with E-state index in [4.69, 9.17) is 0 Å². The summed E-state index contributed by atoms with van der Waals surface area (Å²) in [6, 6.07) is 12.6. The van der Waals surface area contributed by atoms with E-state index in [0.29, 0.717) is 0 Å². The molecule has 0 saturated carbocycles. The van der Waals surface area contributed by atoms with Crippen molar-refractivity contribution < 1.29 is 34.9 Å². The zero-order chi connectivity index (χ0) is 9.26. The molecule has 0 heterocycles. The Kier molecular flexibility index (Phi) is 5.13. The predicted octanol–water partition coefficient (Wildman–Crippen LogP) is 0.376. The van der Waals surface area contributed by atoms with Crippen molar-refractivity contribution in [2.75, 3.05) is 0 Å². The molecule has 72 valence electrons. The number of benzene rings is 2. The van der Waals surface area contributed by atoms with E-state index < -0.39 is 5.97 Å². The van der Waals surface area contributed by atoms with Gasteiger partial charge >= 0.3 is 19.5 Å². The Morgan fingerprint density at radius 3 is 2.20 bits per heavy atom. The first-order valence-corrected chi connectivity index (χ1v) is 3.97. The Morgan fingerprint density at radius 1 is 1.00 bits per heavy atom. The summed E-state index contributed by atoms with van der Waals surface area (Å²) in [6.07, 6.45) is 0. The van der Waals surface area contributed by atoms with Crippen LogP contribution in [-0.4, -0.2) is 11.4 Å². The van der Waals surface area contributed by atoms with Gasteiger partial charge in [-0.1, -0.05) is 36.4 Å². The molecule has 0 unspecified atom stereocenters. The molecule has 0 bridgehead atoms. The van der Waals surface area contributed by atoms with Gasteiger partial charge in [0.1, 0.15) is 0 Å². The molecule has 0 aliphatic carbocycles. The monoisotopic (exact) mass is 253 g/mol. The molecule has 0 radical (unpaired) electrons. The summed E-state index contributed by atoms with van der Waals surface area (Å²) in [5.74, 6) is -1.13. The molecule has 2 aromatic carbocycles. The fraction of sp³-hybridized carbons (Fsp3) is 0. The molecular formula is C11H9O3Zn+. The smallest absolute Gasteiger partial charge is 0.545 e. The number of fused-ring (bicyclic) bond motifs is 1. The van der Waals surface area contributed by atoms with Crippen LogP contribution in [-0.2, 0) is 19.5 Å². The van der Waals surface area contributed by atoms with Gasteiger partial charge in [0.25, 0.3) is 0 Å². The molecule has 0 aromatic heterocycles. The van der Waals surface area contributed by atoms with Crippen molar-refractivity contribution in [3.63, 3.8) is 0 Å². The van der Waals surface area contributed by atoms with Gasteiger partial charge in [-0.3, -0.25) is 0 Å². The quantitative estimate of drug-likeness (QED) is 0.690. The summed E-state index contributed by atoms with van der Waals surface area (Å²) in [5, 5.41) is 12.5. The van der Waals surface area contributed by atoms with Crippen molar-refractivity contribution in [3.8, 4) is 0 Å². The van der Waals surface area contributed by atoms with Crippen molar-refractivity contribution in [2.24, 2.45) is 0 Å². The minimum atomic E-state index is -1.13. The van der Waals surface area contributed by atoms with Crippen LogP contribution in [0.2, 0.25) is 0 Å². The number of carboxylic acid groups (broad SMARTS) is 1. The van der Waals surface area contributed by atoms with Crippen LogP contribution in [0.4, 0.5) is 0 Å². The molecule has 0 saturated heterocycles. The second kappa shape index (κ2) is 5.59. The topological polar surface area (TPSA) is 71.6 Å². The fourth-order valence-electron chi connectivity index (χ4n) is 1.32. The van der Waals surface area contributed by atoms with Gasteiger partial charge in [0.2, 0.25) is 0 Å². The standard InChI is InChI=1S/C11H8O2.H2O.Zn/c12-11(13)10-6-5-8-3-1-2-4-9(8)7-10;;/h1-7H,(H,12,13);1H2;/q;;+2/p-1. The third-order valence-corrected chi connectivity index (χ3v) is 1.99. The third-order valence-electron chi connectivity index (χ3n) is 1.99. The molecule has 2 N–H and O–H groups in total. The first-order valence-electron chi connectivity index (χ1n) is 3.97. The van der Waals surface area contributed by atoms with Crippen molar-refractivity contribution in [2.45, 2.75) is 0 Å². The molecule has 15 heavy (non-hydrogen) atoms. The number of rotatable bonds is 1. The number of carbonyl (C=O) groups is 1. The van der Waals surface area contributed by atoms with Crippen LogP contribution in [0.3, 0.4) is 0 Å². The third kappa shape index (κ3) is 2.85. The van der Waals surface area contributed by atoms with Crippen LogP contribution in [0.1, 0.15) is 10.4 Å². The first kappa shape index (κ1) is 13.8. The van der Waals surface area contributed by atoms with E-state index >= 15 is 0 Å². The summed E-state index contributed by atoms with van der Waals surface area (Å²) < 4.78 is 0. The summed E-state index contributed by atoms with van der Waals surface area (Å²) in [4.78, 5) is 10.5. The molecule has 0 spiro atoms. The van der Waals surface area contributed by atoms with Gasteiger partial charge in [-0.05, 0) is 22.4 Å². The largest absolute Gasteiger partial charge is 2.00 e. The van der Waals surface area contributed by atoms with E-state index in [9.17, 15) is 9.90 Å². The maximum Gasteiger partial charge on any atom is 2.00 e. The van der Waals surface area contributed by atoms with E-state index in [1.807, 2.05) is 24.3 Å². The minimum Gasteiger partial charge on any atom is -0.545 e. The van der Waals surface area contributed by atoms with E-state index in [-0.39, 0.29) is 30.5 Å². The second-order valence-corrected chi connectivity index (χ2v) is 2.85. The zero-order valence-corrected chi connectivity index (χ0v) is 11.0. The summed E-state index contributed by atoms with van der Waals surface area (Å²) in [7, 11) is 0. The zero-order valence-electron chi connectivity index (χ0n) is 8.07. The Morgan fingerprint density at radius 2 is 1.60 bits per heavy atom. The van der Waals surface area contributed by atoms with Gasteiger partial charge in [0, 0.05) is 0 Å². The van der Waals surface area contributed by atoms with Gasteiger partial charge in [-0.2, -0.15) is 0 Å². The van der Waals surface area contributed by atoms with E-state index in [2.05, 4.69) is 0 Å². The summed E-state index contributed by atoms with van der Waals surface area (Å²) >= 11 is 0. The maximum atomic E-state index is 10.5. The number of hydrogen-bond acceptors (Lipinski definition) is 2. The van der Waals surface area contributed by atoms with Crippen LogP contribution in [0.15, 0.2) is 42.5 Å². The number of carboxylic acids is 1.